The minimum Gasteiger partial charge on any atom is -0.325 e. The summed E-state index contributed by atoms with van der Waals surface area (Å²) in [6, 6.07) is 7.13. The van der Waals surface area contributed by atoms with Crippen LogP contribution in [0.4, 0.5) is 0 Å². The Hall–Kier alpha value is -0.290. The van der Waals surface area contributed by atoms with Crippen LogP contribution in [0.1, 0.15) is 25.2 Å². The van der Waals surface area contributed by atoms with E-state index in [4.69, 9.17) is 16.6 Å². The second-order valence-electron chi connectivity index (χ2n) is 4.75. The number of fused-ring (bicyclic) bond motifs is 1. The van der Waals surface area contributed by atoms with Gasteiger partial charge in [-0.05, 0) is 53.1 Å². The molecule has 2 atom stereocenters. The van der Waals surface area contributed by atoms with Crippen LogP contribution in [0, 0.1) is 9.49 Å². The number of benzene rings is 1. The molecule has 2 unspecified atom stereocenters. The zero-order valence-electron chi connectivity index (χ0n) is 9.66. The van der Waals surface area contributed by atoms with E-state index < -0.39 is 0 Å². The van der Waals surface area contributed by atoms with Crippen molar-refractivity contribution in [1.82, 2.24) is 9.55 Å². The molecule has 0 bridgehead atoms. The highest BCUT2D eigenvalue weighted by atomic mass is 127. The van der Waals surface area contributed by atoms with Crippen LogP contribution in [-0.4, -0.2) is 15.4 Å². The van der Waals surface area contributed by atoms with Crippen molar-refractivity contribution < 1.29 is 0 Å². The highest BCUT2D eigenvalue weighted by Gasteiger charge is 2.36. The van der Waals surface area contributed by atoms with Crippen molar-refractivity contribution in [2.24, 2.45) is 5.92 Å². The molecule has 0 spiro atoms. The first kappa shape index (κ1) is 11.8. The van der Waals surface area contributed by atoms with Crippen LogP contribution in [0.5, 0.6) is 0 Å². The van der Waals surface area contributed by atoms with Crippen LogP contribution in [0.3, 0.4) is 0 Å². The number of rotatable bonds is 3. The quantitative estimate of drug-likeness (QED) is 0.597. The van der Waals surface area contributed by atoms with E-state index >= 15 is 0 Å². The van der Waals surface area contributed by atoms with Crippen molar-refractivity contribution in [3.05, 3.63) is 27.6 Å². The van der Waals surface area contributed by atoms with E-state index in [0.29, 0.717) is 11.9 Å². The fourth-order valence-electron chi connectivity index (χ4n) is 2.41. The Kier molecular flexibility index (Phi) is 3.07. The molecule has 1 saturated carbocycles. The van der Waals surface area contributed by atoms with Gasteiger partial charge in [0.15, 0.2) is 0 Å². The average Bonchev–Trinajstić information content (AvgIpc) is 2.88. The average molecular weight is 361 g/mol. The molecule has 1 aliphatic carbocycles. The van der Waals surface area contributed by atoms with Crippen molar-refractivity contribution in [1.29, 1.82) is 0 Å². The van der Waals surface area contributed by atoms with Gasteiger partial charge >= 0.3 is 0 Å². The number of aryl methyl sites for hydroxylation is 1. The van der Waals surface area contributed by atoms with E-state index in [9.17, 15) is 0 Å². The Morgan fingerprint density at radius 2 is 2.29 bits per heavy atom. The third kappa shape index (κ3) is 2.08. The number of hydrogen-bond donors (Lipinski definition) is 0. The summed E-state index contributed by atoms with van der Waals surface area (Å²) in [5.41, 5.74) is 2.37. The minimum absolute atomic E-state index is 0.637. The lowest BCUT2D eigenvalue weighted by Gasteiger charge is -2.07. The molecule has 0 aliphatic heterocycles. The summed E-state index contributed by atoms with van der Waals surface area (Å²) in [6.45, 7) is 2.30. The van der Waals surface area contributed by atoms with E-state index in [-0.39, 0.29) is 0 Å². The van der Waals surface area contributed by atoms with Crippen LogP contribution >= 0.6 is 34.2 Å². The van der Waals surface area contributed by atoms with Crippen LogP contribution in [0.2, 0.25) is 0 Å². The highest BCUT2D eigenvalue weighted by molar-refractivity contribution is 14.1. The lowest BCUT2D eigenvalue weighted by molar-refractivity contribution is 0.665. The Labute approximate surface area is 120 Å². The summed E-state index contributed by atoms with van der Waals surface area (Å²) in [7, 11) is 0. The van der Waals surface area contributed by atoms with Gasteiger partial charge in [0.25, 0.3) is 0 Å². The third-order valence-corrected chi connectivity index (χ3v) is 4.30. The molecule has 1 heterocycles. The van der Waals surface area contributed by atoms with Gasteiger partial charge in [-0.3, -0.25) is 0 Å². The van der Waals surface area contributed by atoms with Gasteiger partial charge in [0.05, 0.1) is 11.0 Å². The van der Waals surface area contributed by atoms with E-state index in [0.717, 1.165) is 23.7 Å². The highest BCUT2D eigenvalue weighted by Crippen LogP contribution is 2.45. The van der Waals surface area contributed by atoms with Crippen LogP contribution in [0.15, 0.2) is 18.2 Å². The molecule has 1 aliphatic rings. The van der Waals surface area contributed by atoms with Crippen LogP contribution in [0.25, 0.3) is 11.0 Å². The minimum atomic E-state index is 0.637. The number of halogens is 2. The largest absolute Gasteiger partial charge is 0.325 e. The third-order valence-electron chi connectivity index (χ3n) is 3.44. The van der Waals surface area contributed by atoms with E-state index in [1.54, 1.807) is 0 Å². The SMILES string of the molecule is CC1CC1n1c(CCCl)nc2cc(I)ccc21. The first-order chi connectivity index (χ1) is 8.20. The maximum atomic E-state index is 5.87. The summed E-state index contributed by atoms with van der Waals surface area (Å²) < 4.78 is 3.64. The molecule has 0 amide bonds. The van der Waals surface area contributed by atoms with Gasteiger partial charge in [-0.15, -0.1) is 11.6 Å². The maximum absolute atomic E-state index is 5.87. The maximum Gasteiger partial charge on any atom is 0.111 e. The summed E-state index contributed by atoms with van der Waals surface area (Å²) >= 11 is 8.21. The second-order valence-corrected chi connectivity index (χ2v) is 6.37. The van der Waals surface area contributed by atoms with Gasteiger partial charge in [0, 0.05) is 21.9 Å². The lowest BCUT2D eigenvalue weighted by Crippen LogP contribution is -2.03. The molecule has 3 rings (SSSR count). The second kappa shape index (κ2) is 4.43. The number of aromatic nitrogens is 2. The zero-order valence-corrected chi connectivity index (χ0v) is 12.6. The van der Waals surface area contributed by atoms with Gasteiger partial charge in [0.1, 0.15) is 5.82 Å². The summed E-state index contributed by atoms with van der Waals surface area (Å²) in [6.07, 6.45) is 2.13. The lowest BCUT2D eigenvalue weighted by atomic mass is 10.3. The Morgan fingerprint density at radius 3 is 2.94 bits per heavy atom. The number of alkyl halides is 1. The van der Waals surface area contributed by atoms with Gasteiger partial charge < -0.3 is 4.57 Å². The van der Waals surface area contributed by atoms with Gasteiger partial charge in [0.2, 0.25) is 0 Å². The van der Waals surface area contributed by atoms with Crippen LogP contribution in [-0.2, 0) is 6.42 Å². The van der Waals surface area contributed by atoms with Gasteiger partial charge in [-0.25, -0.2) is 4.98 Å². The summed E-state index contributed by atoms with van der Waals surface area (Å²) in [5.74, 6) is 2.56. The number of hydrogen-bond acceptors (Lipinski definition) is 1. The predicted octanol–water partition coefficient (Wildman–Crippen LogP) is 4.00. The van der Waals surface area contributed by atoms with E-state index in [2.05, 4.69) is 52.3 Å². The van der Waals surface area contributed by atoms with Crippen molar-refractivity contribution >= 4 is 45.2 Å². The topological polar surface area (TPSA) is 17.8 Å². The zero-order chi connectivity index (χ0) is 12.0. The molecular formula is C13H14ClIN2. The monoisotopic (exact) mass is 360 g/mol. The molecular weight excluding hydrogens is 347 g/mol. The van der Waals surface area contributed by atoms with Crippen LogP contribution < -0.4 is 0 Å². The smallest absolute Gasteiger partial charge is 0.111 e. The molecule has 90 valence electrons. The standard InChI is InChI=1S/C13H14ClIN2/c1-8-6-12(8)17-11-3-2-9(15)7-10(11)16-13(17)4-5-14/h2-3,7-8,12H,4-6H2,1H3. The summed E-state index contributed by atoms with van der Waals surface area (Å²) in [5, 5.41) is 0. The molecule has 1 aromatic heterocycles. The van der Waals surface area contributed by atoms with Gasteiger partial charge in [-0.2, -0.15) is 0 Å². The number of imidazole rings is 1. The van der Waals surface area contributed by atoms with Crippen molar-refractivity contribution in [3.8, 4) is 0 Å². The molecule has 17 heavy (non-hydrogen) atoms. The van der Waals surface area contributed by atoms with Crippen molar-refractivity contribution in [2.45, 2.75) is 25.8 Å². The molecule has 1 fully saturated rings. The van der Waals surface area contributed by atoms with E-state index in [1.165, 1.54) is 15.5 Å². The Morgan fingerprint density at radius 1 is 1.53 bits per heavy atom. The molecule has 0 N–H and O–H groups in total. The fraction of sp³-hybridized carbons (Fsp3) is 0.462. The van der Waals surface area contributed by atoms with Gasteiger partial charge in [-0.1, -0.05) is 6.92 Å². The summed E-state index contributed by atoms with van der Waals surface area (Å²) in [4.78, 5) is 4.73. The van der Waals surface area contributed by atoms with Crippen molar-refractivity contribution in [2.75, 3.05) is 5.88 Å². The van der Waals surface area contributed by atoms with Crippen molar-refractivity contribution in [3.63, 3.8) is 0 Å². The number of nitrogens with zero attached hydrogens (tertiary/aromatic N) is 2. The fourth-order valence-corrected chi connectivity index (χ4v) is 3.06. The van der Waals surface area contributed by atoms with E-state index in [1.807, 2.05) is 0 Å². The normalized spacial score (nSPS) is 23.2. The molecule has 1 aromatic carbocycles. The molecule has 4 heteroatoms. The molecule has 2 nitrogen and oxygen atoms in total. The molecule has 2 aromatic rings. The Balaban J connectivity index is 2.17. The molecule has 0 radical (unpaired) electrons. The molecule has 0 saturated heterocycles. The predicted molar refractivity (Wildman–Crippen MR) is 79.7 cm³/mol. The first-order valence-electron chi connectivity index (χ1n) is 5.93. The first-order valence-corrected chi connectivity index (χ1v) is 7.54. The Bertz CT molecular complexity index is 564.